The van der Waals surface area contributed by atoms with Crippen molar-refractivity contribution < 1.29 is 0 Å². The van der Waals surface area contributed by atoms with Crippen molar-refractivity contribution in [3.8, 4) is 0 Å². The van der Waals surface area contributed by atoms with Crippen molar-refractivity contribution in [2.45, 2.75) is 6.54 Å². The molecule has 0 bridgehead atoms. The molecule has 3 N–H and O–H groups in total. The molecule has 0 aliphatic carbocycles. The van der Waals surface area contributed by atoms with E-state index >= 15 is 0 Å². The molecule has 2 rings (SSSR count). The molecule has 5 nitrogen and oxygen atoms in total. The summed E-state index contributed by atoms with van der Waals surface area (Å²) in [6.07, 6.45) is 1.45. The smallest absolute Gasteiger partial charge is 0.328 e. The number of nitrogens with two attached hydrogens (primary N) is 1. The molecule has 1 aromatic carbocycles. The van der Waals surface area contributed by atoms with Gasteiger partial charge in [0.25, 0.3) is 5.56 Å². The van der Waals surface area contributed by atoms with Crippen molar-refractivity contribution in [2.24, 2.45) is 0 Å². The van der Waals surface area contributed by atoms with Crippen LogP contribution in [0.4, 0.5) is 5.69 Å². The zero-order chi connectivity index (χ0) is 12.4. The largest absolute Gasteiger partial charge is 0.398 e. The van der Waals surface area contributed by atoms with Gasteiger partial charge in [-0.1, -0.05) is 22.0 Å². The third-order valence-electron chi connectivity index (χ3n) is 2.35. The Bertz CT molecular complexity index is 660. The number of nitrogens with one attached hydrogen (secondary N) is 1. The molecule has 2 aromatic rings. The summed E-state index contributed by atoms with van der Waals surface area (Å²) >= 11 is 3.31. The minimum absolute atomic E-state index is 0.328. The number of nitrogen functional groups attached to an aromatic ring is 1. The summed E-state index contributed by atoms with van der Waals surface area (Å²) in [5.41, 5.74) is 6.40. The lowest BCUT2D eigenvalue weighted by Crippen LogP contribution is -2.29. The van der Waals surface area contributed by atoms with Crippen molar-refractivity contribution in [1.29, 1.82) is 0 Å². The number of H-pyrrole nitrogens is 1. The average Bonchev–Trinajstić information content (AvgIpc) is 2.25. The Morgan fingerprint density at radius 2 is 2.06 bits per heavy atom. The second-order valence-electron chi connectivity index (χ2n) is 3.58. The van der Waals surface area contributed by atoms with Crippen molar-refractivity contribution in [1.82, 2.24) is 9.55 Å². The van der Waals surface area contributed by atoms with Gasteiger partial charge in [0.05, 0.1) is 6.54 Å². The summed E-state index contributed by atoms with van der Waals surface area (Å²) in [4.78, 5) is 24.6. The second kappa shape index (κ2) is 4.58. The van der Waals surface area contributed by atoms with Crippen LogP contribution < -0.4 is 17.0 Å². The van der Waals surface area contributed by atoms with Crippen LogP contribution in [0.25, 0.3) is 0 Å². The molecule has 0 saturated heterocycles. The Morgan fingerprint density at radius 3 is 2.71 bits per heavy atom. The first-order valence-corrected chi connectivity index (χ1v) is 5.69. The first-order valence-electron chi connectivity index (χ1n) is 4.90. The highest BCUT2D eigenvalue weighted by Crippen LogP contribution is 2.18. The van der Waals surface area contributed by atoms with Crippen LogP contribution in [0.1, 0.15) is 5.56 Å². The number of anilines is 1. The molecular weight excluding hydrogens is 286 g/mol. The first kappa shape index (κ1) is 11.7. The number of hydrogen-bond donors (Lipinski definition) is 2. The molecule has 0 radical (unpaired) electrons. The maximum absolute atomic E-state index is 11.5. The van der Waals surface area contributed by atoms with Gasteiger partial charge in [-0.3, -0.25) is 14.3 Å². The van der Waals surface area contributed by atoms with Crippen molar-refractivity contribution >= 4 is 21.6 Å². The Morgan fingerprint density at radius 1 is 1.29 bits per heavy atom. The van der Waals surface area contributed by atoms with Crippen LogP contribution in [-0.4, -0.2) is 9.55 Å². The van der Waals surface area contributed by atoms with Gasteiger partial charge < -0.3 is 5.73 Å². The van der Waals surface area contributed by atoms with E-state index in [-0.39, 0.29) is 0 Å². The van der Waals surface area contributed by atoms with E-state index < -0.39 is 11.2 Å². The van der Waals surface area contributed by atoms with Crippen LogP contribution in [0.5, 0.6) is 0 Å². The van der Waals surface area contributed by atoms with Crippen LogP contribution in [-0.2, 0) is 6.54 Å². The van der Waals surface area contributed by atoms with Crippen LogP contribution in [0.15, 0.2) is 44.5 Å². The second-order valence-corrected chi connectivity index (χ2v) is 4.50. The third-order valence-corrected chi connectivity index (χ3v) is 2.84. The highest BCUT2D eigenvalue weighted by atomic mass is 79.9. The fraction of sp³-hybridized carbons (Fsp3) is 0.0909. The highest BCUT2D eigenvalue weighted by Gasteiger charge is 2.02. The average molecular weight is 296 g/mol. The molecule has 0 aliphatic heterocycles. The first-order chi connectivity index (χ1) is 8.06. The predicted molar refractivity (Wildman–Crippen MR) is 69.0 cm³/mol. The zero-order valence-corrected chi connectivity index (χ0v) is 10.4. The molecule has 1 aromatic heterocycles. The molecule has 1 heterocycles. The lowest BCUT2D eigenvalue weighted by atomic mass is 10.2. The quantitative estimate of drug-likeness (QED) is 0.809. The summed E-state index contributed by atoms with van der Waals surface area (Å²) in [7, 11) is 0. The summed E-state index contributed by atoms with van der Waals surface area (Å²) in [5.74, 6) is 0. The van der Waals surface area contributed by atoms with E-state index in [1.54, 1.807) is 6.07 Å². The molecule has 0 aliphatic rings. The molecule has 0 fully saturated rings. The molecule has 0 spiro atoms. The van der Waals surface area contributed by atoms with Crippen LogP contribution in [0.3, 0.4) is 0 Å². The van der Waals surface area contributed by atoms with Gasteiger partial charge in [0.2, 0.25) is 0 Å². The van der Waals surface area contributed by atoms with E-state index in [9.17, 15) is 9.59 Å². The number of halogens is 1. The van der Waals surface area contributed by atoms with Crippen molar-refractivity contribution in [3.63, 3.8) is 0 Å². The predicted octanol–water partition coefficient (Wildman–Crippen LogP) is 0.930. The number of aromatic nitrogens is 2. The minimum atomic E-state index is -0.445. The SMILES string of the molecule is Nc1cc(Br)ccc1Cn1ccc(=O)[nH]c1=O. The summed E-state index contributed by atoms with van der Waals surface area (Å²) in [5, 5.41) is 0. The van der Waals surface area contributed by atoms with Crippen LogP contribution in [0, 0.1) is 0 Å². The lowest BCUT2D eigenvalue weighted by molar-refractivity contribution is 0.722. The maximum Gasteiger partial charge on any atom is 0.328 e. The molecule has 88 valence electrons. The Kier molecular flexibility index (Phi) is 3.14. The van der Waals surface area contributed by atoms with Gasteiger partial charge in [0, 0.05) is 22.4 Å². The number of hydrogen-bond acceptors (Lipinski definition) is 3. The van der Waals surface area contributed by atoms with Crippen LogP contribution >= 0.6 is 15.9 Å². The summed E-state index contributed by atoms with van der Waals surface area (Å²) < 4.78 is 2.27. The van der Waals surface area contributed by atoms with Crippen LogP contribution in [0.2, 0.25) is 0 Å². The van der Waals surface area contributed by atoms with Crippen molar-refractivity contribution in [2.75, 3.05) is 5.73 Å². The number of rotatable bonds is 2. The van der Waals surface area contributed by atoms with Gasteiger partial charge in [0.15, 0.2) is 0 Å². The van der Waals surface area contributed by atoms with Gasteiger partial charge in [0.1, 0.15) is 0 Å². The van der Waals surface area contributed by atoms with E-state index in [0.29, 0.717) is 12.2 Å². The minimum Gasteiger partial charge on any atom is -0.398 e. The molecule has 6 heteroatoms. The molecular formula is C11H10BrN3O2. The third kappa shape index (κ3) is 2.65. The standard InChI is InChI=1S/C11H10BrN3O2/c12-8-2-1-7(9(13)5-8)6-15-4-3-10(16)14-11(15)17/h1-5H,6,13H2,(H,14,16,17). The van der Waals surface area contributed by atoms with Gasteiger partial charge in [-0.05, 0) is 17.7 Å². The molecule has 0 amide bonds. The summed E-state index contributed by atoms with van der Waals surface area (Å²) in [6, 6.07) is 6.75. The van der Waals surface area contributed by atoms with E-state index in [4.69, 9.17) is 5.73 Å². The summed E-state index contributed by atoms with van der Waals surface area (Å²) in [6.45, 7) is 0.328. The number of nitrogens with zero attached hydrogens (tertiary/aromatic N) is 1. The maximum atomic E-state index is 11.5. The van der Waals surface area contributed by atoms with E-state index in [1.165, 1.54) is 16.8 Å². The Labute approximate surface area is 105 Å². The zero-order valence-electron chi connectivity index (χ0n) is 8.81. The Hall–Kier alpha value is -1.82. The number of benzene rings is 1. The van der Waals surface area contributed by atoms with Gasteiger partial charge in [-0.15, -0.1) is 0 Å². The fourth-order valence-electron chi connectivity index (χ4n) is 1.46. The molecule has 0 saturated carbocycles. The number of aromatic amines is 1. The van der Waals surface area contributed by atoms with Gasteiger partial charge in [-0.2, -0.15) is 0 Å². The van der Waals surface area contributed by atoms with Gasteiger partial charge >= 0.3 is 5.69 Å². The van der Waals surface area contributed by atoms with E-state index in [0.717, 1.165) is 10.0 Å². The topological polar surface area (TPSA) is 80.9 Å². The highest BCUT2D eigenvalue weighted by molar-refractivity contribution is 9.10. The van der Waals surface area contributed by atoms with Gasteiger partial charge in [-0.25, -0.2) is 4.79 Å². The normalized spacial score (nSPS) is 10.4. The lowest BCUT2D eigenvalue weighted by Gasteiger charge is -2.07. The monoisotopic (exact) mass is 295 g/mol. The molecule has 17 heavy (non-hydrogen) atoms. The van der Waals surface area contributed by atoms with E-state index in [2.05, 4.69) is 20.9 Å². The molecule has 0 atom stereocenters. The fourth-order valence-corrected chi connectivity index (χ4v) is 1.84. The Balaban J connectivity index is 2.38. The molecule has 0 unspecified atom stereocenters. The van der Waals surface area contributed by atoms with E-state index in [1.807, 2.05) is 12.1 Å². The van der Waals surface area contributed by atoms with Crippen molar-refractivity contribution in [3.05, 3.63) is 61.3 Å².